The Balaban J connectivity index is 2.30. The number of aryl methyl sites for hydroxylation is 1. The second-order valence-corrected chi connectivity index (χ2v) is 6.63. The van der Waals surface area contributed by atoms with Gasteiger partial charge in [0.05, 0.1) is 17.5 Å². The van der Waals surface area contributed by atoms with Gasteiger partial charge in [-0.1, -0.05) is 37.3 Å². The predicted molar refractivity (Wildman–Crippen MR) is 88.7 cm³/mol. The molecule has 5 nitrogen and oxygen atoms in total. The predicted octanol–water partition coefficient (Wildman–Crippen LogP) is 2.87. The van der Waals surface area contributed by atoms with Crippen LogP contribution in [0.25, 0.3) is 0 Å². The van der Waals surface area contributed by atoms with Crippen LogP contribution in [0.2, 0.25) is 0 Å². The minimum Gasteiger partial charge on any atom is -0.322 e. The Labute approximate surface area is 130 Å². The van der Waals surface area contributed by atoms with Crippen molar-refractivity contribution in [1.82, 2.24) is 0 Å². The summed E-state index contributed by atoms with van der Waals surface area (Å²) in [6.45, 7) is 2.00. The summed E-state index contributed by atoms with van der Waals surface area (Å²) in [6.07, 6.45) is 1.84. The van der Waals surface area contributed by atoms with E-state index in [2.05, 4.69) is 10.0 Å². The Morgan fingerprint density at radius 1 is 1.00 bits per heavy atom. The zero-order valence-corrected chi connectivity index (χ0v) is 13.3. The Morgan fingerprint density at radius 3 is 2.23 bits per heavy atom. The smallest absolute Gasteiger partial charge is 0.257 e. The number of nitrogens with one attached hydrogen (secondary N) is 2. The van der Waals surface area contributed by atoms with E-state index in [9.17, 15) is 13.2 Å². The van der Waals surface area contributed by atoms with Gasteiger partial charge in [-0.05, 0) is 30.2 Å². The minimum absolute atomic E-state index is 0.261. The van der Waals surface area contributed by atoms with Crippen molar-refractivity contribution in [2.45, 2.75) is 13.3 Å². The third-order valence-corrected chi connectivity index (χ3v) is 3.70. The highest BCUT2D eigenvalue weighted by Gasteiger charge is 2.14. The largest absolute Gasteiger partial charge is 0.322 e. The summed E-state index contributed by atoms with van der Waals surface area (Å²) in [4.78, 5) is 12.4. The highest BCUT2D eigenvalue weighted by molar-refractivity contribution is 7.92. The number of benzene rings is 2. The molecule has 0 radical (unpaired) electrons. The first-order valence-corrected chi connectivity index (χ1v) is 8.76. The molecule has 2 N–H and O–H groups in total. The van der Waals surface area contributed by atoms with Crippen LogP contribution in [0.4, 0.5) is 11.4 Å². The third-order valence-electron chi connectivity index (χ3n) is 3.11. The van der Waals surface area contributed by atoms with Gasteiger partial charge in [0, 0.05) is 5.69 Å². The van der Waals surface area contributed by atoms with Gasteiger partial charge in [-0.3, -0.25) is 9.52 Å². The SMILES string of the molecule is CCc1ccccc1NC(=O)c1ccccc1NS(C)(=O)=O. The zero-order chi connectivity index (χ0) is 16.2. The topological polar surface area (TPSA) is 75.3 Å². The molecule has 0 unspecified atom stereocenters. The fourth-order valence-corrected chi connectivity index (χ4v) is 2.69. The van der Waals surface area contributed by atoms with Gasteiger partial charge in [0.1, 0.15) is 0 Å². The Morgan fingerprint density at radius 2 is 1.59 bits per heavy atom. The van der Waals surface area contributed by atoms with Crippen molar-refractivity contribution >= 4 is 27.3 Å². The van der Waals surface area contributed by atoms with E-state index >= 15 is 0 Å². The number of rotatable bonds is 5. The molecule has 22 heavy (non-hydrogen) atoms. The van der Waals surface area contributed by atoms with Crippen LogP contribution in [0.3, 0.4) is 0 Å². The van der Waals surface area contributed by atoms with Crippen LogP contribution in [0, 0.1) is 0 Å². The number of amides is 1. The first kappa shape index (κ1) is 16.0. The first-order chi connectivity index (χ1) is 10.4. The third kappa shape index (κ3) is 4.08. The molecule has 0 aliphatic heterocycles. The van der Waals surface area contributed by atoms with Crippen molar-refractivity contribution in [3.8, 4) is 0 Å². The molecule has 0 saturated carbocycles. The zero-order valence-electron chi connectivity index (χ0n) is 12.5. The molecule has 116 valence electrons. The number of carbonyl (C=O) groups excluding carboxylic acids is 1. The minimum atomic E-state index is -3.45. The van der Waals surface area contributed by atoms with E-state index < -0.39 is 10.0 Å². The van der Waals surface area contributed by atoms with Gasteiger partial charge in [-0.2, -0.15) is 0 Å². The average molecular weight is 318 g/mol. The lowest BCUT2D eigenvalue weighted by molar-refractivity contribution is 0.102. The van der Waals surface area contributed by atoms with Crippen LogP contribution < -0.4 is 10.0 Å². The summed E-state index contributed by atoms with van der Waals surface area (Å²) >= 11 is 0. The van der Waals surface area contributed by atoms with E-state index in [1.807, 2.05) is 31.2 Å². The van der Waals surface area contributed by atoms with Gasteiger partial charge in [-0.25, -0.2) is 8.42 Å². The fraction of sp³-hybridized carbons (Fsp3) is 0.188. The Hall–Kier alpha value is -2.34. The molecular weight excluding hydrogens is 300 g/mol. The lowest BCUT2D eigenvalue weighted by Crippen LogP contribution is -2.18. The second kappa shape index (κ2) is 6.62. The van der Waals surface area contributed by atoms with Crippen molar-refractivity contribution in [2.75, 3.05) is 16.3 Å². The van der Waals surface area contributed by atoms with E-state index in [-0.39, 0.29) is 17.2 Å². The van der Waals surface area contributed by atoms with E-state index in [0.717, 1.165) is 23.9 Å². The van der Waals surface area contributed by atoms with Crippen molar-refractivity contribution in [1.29, 1.82) is 0 Å². The van der Waals surface area contributed by atoms with Crippen molar-refractivity contribution in [3.05, 3.63) is 59.7 Å². The Bertz CT molecular complexity index is 785. The van der Waals surface area contributed by atoms with Crippen molar-refractivity contribution in [3.63, 3.8) is 0 Å². The number of para-hydroxylation sites is 2. The van der Waals surface area contributed by atoms with Gasteiger partial charge in [-0.15, -0.1) is 0 Å². The number of anilines is 2. The molecule has 0 aliphatic rings. The van der Waals surface area contributed by atoms with Crippen LogP contribution >= 0.6 is 0 Å². The molecule has 0 spiro atoms. The summed E-state index contributed by atoms with van der Waals surface area (Å²) in [5.74, 6) is -0.354. The molecule has 0 bridgehead atoms. The summed E-state index contributed by atoms with van der Waals surface area (Å²) in [6, 6.07) is 14.0. The van der Waals surface area contributed by atoms with Gasteiger partial charge in [0.15, 0.2) is 0 Å². The van der Waals surface area contributed by atoms with Crippen LogP contribution in [-0.2, 0) is 16.4 Å². The maximum Gasteiger partial charge on any atom is 0.257 e. The highest BCUT2D eigenvalue weighted by atomic mass is 32.2. The van der Waals surface area contributed by atoms with E-state index in [1.54, 1.807) is 24.3 Å². The summed E-state index contributed by atoms with van der Waals surface area (Å²) < 4.78 is 25.1. The molecule has 6 heteroatoms. The van der Waals surface area contributed by atoms with E-state index in [0.29, 0.717) is 0 Å². The van der Waals surface area contributed by atoms with Gasteiger partial charge < -0.3 is 5.32 Å². The van der Waals surface area contributed by atoms with Gasteiger partial charge in [0.25, 0.3) is 5.91 Å². The number of hydrogen-bond acceptors (Lipinski definition) is 3. The highest BCUT2D eigenvalue weighted by Crippen LogP contribution is 2.20. The number of hydrogen-bond donors (Lipinski definition) is 2. The van der Waals surface area contributed by atoms with Crippen molar-refractivity contribution < 1.29 is 13.2 Å². The summed E-state index contributed by atoms with van der Waals surface area (Å²) in [5, 5.41) is 2.83. The Kier molecular flexibility index (Phi) is 4.82. The van der Waals surface area contributed by atoms with Gasteiger partial charge in [0.2, 0.25) is 10.0 Å². The second-order valence-electron chi connectivity index (χ2n) is 4.88. The van der Waals surface area contributed by atoms with Crippen LogP contribution in [0.15, 0.2) is 48.5 Å². The van der Waals surface area contributed by atoms with E-state index in [1.165, 1.54) is 0 Å². The normalized spacial score (nSPS) is 11.0. The molecule has 0 heterocycles. The lowest BCUT2D eigenvalue weighted by atomic mass is 10.1. The van der Waals surface area contributed by atoms with Crippen LogP contribution in [0.1, 0.15) is 22.8 Å². The molecule has 0 atom stereocenters. The average Bonchev–Trinajstić information content (AvgIpc) is 2.46. The summed E-state index contributed by atoms with van der Waals surface area (Å²) in [7, 11) is -3.45. The quantitative estimate of drug-likeness (QED) is 0.890. The molecule has 1 amide bonds. The number of sulfonamides is 1. The van der Waals surface area contributed by atoms with E-state index in [4.69, 9.17) is 0 Å². The molecule has 0 saturated heterocycles. The first-order valence-electron chi connectivity index (χ1n) is 6.87. The molecule has 0 aromatic heterocycles. The van der Waals surface area contributed by atoms with Crippen LogP contribution in [-0.4, -0.2) is 20.6 Å². The maximum absolute atomic E-state index is 12.4. The van der Waals surface area contributed by atoms with Gasteiger partial charge >= 0.3 is 0 Å². The molecule has 2 aromatic rings. The molecule has 2 aromatic carbocycles. The monoisotopic (exact) mass is 318 g/mol. The fourth-order valence-electron chi connectivity index (χ4n) is 2.11. The molecule has 2 rings (SSSR count). The number of carbonyl (C=O) groups is 1. The standard InChI is InChI=1S/C16H18N2O3S/c1-3-12-8-4-6-10-14(12)17-16(19)13-9-5-7-11-15(13)18-22(2,20)21/h4-11,18H,3H2,1-2H3,(H,17,19). The summed E-state index contributed by atoms with van der Waals surface area (Å²) in [5.41, 5.74) is 2.28. The molecule has 0 aliphatic carbocycles. The lowest BCUT2D eigenvalue weighted by Gasteiger charge is -2.13. The molecular formula is C16H18N2O3S. The van der Waals surface area contributed by atoms with Crippen LogP contribution in [0.5, 0.6) is 0 Å². The maximum atomic E-state index is 12.4. The molecule has 0 fully saturated rings. The van der Waals surface area contributed by atoms with Crippen molar-refractivity contribution in [2.24, 2.45) is 0 Å².